The number of ether oxygens (including phenoxy) is 2. The van der Waals surface area contributed by atoms with Crippen molar-refractivity contribution in [1.29, 1.82) is 0 Å². The molecular weight excluding hydrogens is 439 g/mol. The standard InChI is InChI=1S/C19H27N6O6P/c1-4-27-16-13-15(23-18(20)24-16)25(10-22-13)17-19(2,21-3)14-12(29-17)9-28-32(26,31-14)30-11-7-5-6-8-11/h10-12,14,17H,3-9H2,1-2H3,(H2,20,23,24)/t12-,14-,17-,19-,32?/m1/s1. The molecule has 5 atom stereocenters. The van der Waals surface area contributed by atoms with Gasteiger partial charge >= 0.3 is 7.82 Å². The number of nitrogens with zero attached hydrogens (tertiary/aromatic N) is 5. The van der Waals surface area contributed by atoms with Gasteiger partial charge in [0.15, 0.2) is 17.4 Å². The van der Waals surface area contributed by atoms with Gasteiger partial charge in [-0.1, -0.05) is 12.8 Å². The fourth-order valence-electron chi connectivity index (χ4n) is 4.59. The summed E-state index contributed by atoms with van der Waals surface area (Å²) in [6.45, 7) is 7.87. The van der Waals surface area contributed by atoms with Gasteiger partial charge in [-0.3, -0.25) is 23.1 Å². The highest BCUT2D eigenvalue weighted by molar-refractivity contribution is 7.48. The van der Waals surface area contributed by atoms with Gasteiger partial charge in [0.05, 0.1) is 25.6 Å². The summed E-state index contributed by atoms with van der Waals surface area (Å²) in [5.41, 5.74) is 5.73. The number of nitrogen functional groups attached to an aromatic ring is 1. The smallest absolute Gasteiger partial charge is 0.475 e. The van der Waals surface area contributed by atoms with E-state index in [9.17, 15) is 4.57 Å². The summed E-state index contributed by atoms with van der Waals surface area (Å²) in [4.78, 5) is 17.2. The number of phosphoric ester groups is 1. The van der Waals surface area contributed by atoms with Crippen LogP contribution >= 0.6 is 7.82 Å². The van der Waals surface area contributed by atoms with Crippen LogP contribution in [0.15, 0.2) is 11.3 Å². The number of imidazole rings is 1. The van der Waals surface area contributed by atoms with E-state index in [-0.39, 0.29) is 24.5 Å². The molecule has 2 saturated heterocycles. The van der Waals surface area contributed by atoms with Crippen molar-refractivity contribution < 1.29 is 27.6 Å². The fourth-order valence-corrected chi connectivity index (χ4v) is 6.29. The molecule has 1 saturated carbocycles. The number of nitrogens with two attached hydrogens (primary N) is 1. The fraction of sp³-hybridized carbons (Fsp3) is 0.684. The average molecular weight is 466 g/mol. The van der Waals surface area contributed by atoms with Gasteiger partial charge in [0.1, 0.15) is 17.7 Å². The Morgan fingerprint density at radius 3 is 2.91 bits per heavy atom. The number of phosphoric acid groups is 1. The Morgan fingerprint density at radius 2 is 2.19 bits per heavy atom. The van der Waals surface area contributed by atoms with Crippen molar-refractivity contribution in [3.05, 3.63) is 6.33 Å². The summed E-state index contributed by atoms with van der Waals surface area (Å²) < 4.78 is 44.0. The maximum Gasteiger partial charge on any atom is 0.475 e. The van der Waals surface area contributed by atoms with E-state index in [4.69, 9.17) is 28.8 Å². The molecule has 0 bridgehead atoms. The van der Waals surface area contributed by atoms with E-state index in [1.54, 1.807) is 10.9 Å². The summed E-state index contributed by atoms with van der Waals surface area (Å²) in [6, 6.07) is 0. The first-order valence-electron chi connectivity index (χ1n) is 10.7. The molecule has 0 aromatic carbocycles. The number of aliphatic imine (C=N–C) groups is 1. The Labute approximate surface area is 185 Å². The number of anilines is 1. The summed E-state index contributed by atoms with van der Waals surface area (Å²) in [6.07, 6.45) is 3.23. The van der Waals surface area contributed by atoms with Crippen LogP contribution in [0.1, 0.15) is 45.8 Å². The third-order valence-corrected chi connectivity index (χ3v) is 7.73. The monoisotopic (exact) mass is 466 g/mol. The van der Waals surface area contributed by atoms with Gasteiger partial charge in [-0.25, -0.2) is 9.55 Å². The molecular formula is C19H27N6O6P. The van der Waals surface area contributed by atoms with Crippen LogP contribution in [-0.4, -0.2) is 63.3 Å². The SMILES string of the molecule is C=N[C@]1(C)[C@@H]2OP(=O)(OC3CCCC3)OC[C@H]2O[C@H]1n1cnc2c(OCC)nc(N)nc21. The summed E-state index contributed by atoms with van der Waals surface area (Å²) in [5.74, 6) is 0.326. The lowest BCUT2D eigenvalue weighted by molar-refractivity contribution is -0.0745. The number of hydrogen-bond donors (Lipinski definition) is 1. The molecule has 0 radical (unpaired) electrons. The Hall–Kier alpha value is -2.11. The Bertz CT molecular complexity index is 1070. The van der Waals surface area contributed by atoms with Crippen molar-refractivity contribution in [2.24, 2.45) is 4.99 Å². The zero-order valence-corrected chi connectivity index (χ0v) is 18.9. The summed E-state index contributed by atoms with van der Waals surface area (Å²) >= 11 is 0. The van der Waals surface area contributed by atoms with Gasteiger partial charge in [0.2, 0.25) is 11.8 Å². The van der Waals surface area contributed by atoms with E-state index in [0.717, 1.165) is 25.7 Å². The highest BCUT2D eigenvalue weighted by Crippen LogP contribution is 2.61. The lowest BCUT2D eigenvalue weighted by atomic mass is 9.93. The number of aromatic nitrogens is 4. The zero-order valence-electron chi connectivity index (χ0n) is 18.0. The molecule has 2 N–H and O–H groups in total. The minimum Gasteiger partial charge on any atom is -0.476 e. The highest BCUT2D eigenvalue weighted by atomic mass is 31.2. The maximum atomic E-state index is 13.2. The molecule has 3 aliphatic rings. The first-order chi connectivity index (χ1) is 15.4. The molecule has 2 aromatic heterocycles. The lowest BCUT2D eigenvalue weighted by Crippen LogP contribution is -2.46. The van der Waals surface area contributed by atoms with E-state index in [0.29, 0.717) is 17.8 Å². The van der Waals surface area contributed by atoms with E-state index in [1.165, 1.54) is 0 Å². The van der Waals surface area contributed by atoms with Crippen molar-refractivity contribution in [2.45, 2.75) is 69.6 Å². The molecule has 5 rings (SSSR count). The molecule has 2 aliphatic heterocycles. The van der Waals surface area contributed by atoms with Crippen LogP contribution in [0.2, 0.25) is 0 Å². The quantitative estimate of drug-likeness (QED) is 0.498. The largest absolute Gasteiger partial charge is 0.476 e. The second-order valence-electron chi connectivity index (χ2n) is 8.34. The first kappa shape index (κ1) is 21.7. The van der Waals surface area contributed by atoms with Crippen LogP contribution < -0.4 is 10.5 Å². The predicted molar refractivity (Wildman–Crippen MR) is 115 cm³/mol. The Kier molecular flexibility index (Phi) is 5.45. The molecule has 0 spiro atoms. The molecule has 0 amide bonds. The molecule has 1 aliphatic carbocycles. The van der Waals surface area contributed by atoms with Gasteiger partial charge in [-0.15, -0.1) is 0 Å². The number of hydrogen-bond acceptors (Lipinski definition) is 11. The topological polar surface area (TPSA) is 145 Å². The first-order valence-corrected chi connectivity index (χ1v) is 12.2. The minimum absolute atomic E-state index is 0.0421. The number of rotatable bonds is 6. The lowest BCUT2D eigenvalue weighted by Gasteiger charge is -2.36. The molecule has 13 heteroatoms. The zero-order chi connectivity index (χ0) is 22.5. The highest BCUT2D eigenvalue weighted by Gasteiger charge is 2.61. The van der Waals surface area contributed by atoms with Crippen molar-refractivity contribution in [3.63, 3.8) is 0 Å². The van der Waals surface area contributed by atoms with E-state index >= 15 is 0 Å². The minimum atomic E-state index is -3.76. The normalized spacial score (nSPS) is 35.2. The Balaban J connectivity index is 1.48. The van der Waals surface area contributed by atoms with Crippen LogP contribution in [0.5, 0.6) is 5.88 Å². The van der Waals surface area contributed by atoms with Crippen molar-refractivity contribution in [3.8, 4) is 5.88 Å². The Morgan fingerprint density at radius 1 is 1.41 bits per heavy atom. The molecule has 3 fully saturated rings. The molecule has 4 heterocycles. The van der Waals surface area contributed by atoms with Crippen LogP contribution in [-0.2, 0) is 22.9 Å². The second kappa shape index (κ2) is 8.03. The molecule has 2 aromatic rings. The molecule has 174 valence electrons. The molecule has 32 heavy (non-hydrogen) atoms. The van der Waals surface area contributed by atoms with Crippen molar-refractivity contribution in [1.82, 2.24) is 19.5 Å². The van der Waals surface area contributed by atoms with Gasteiger partial charge < -0.3 is 15.2 Å². The van der Waals surface area contributed by atoms with Crippen molar-refractivity contribution >= 4 is 31.7 Å². The van der Waals surface area contributed by atoms with Gasteiger partial charge in [-0.05, 0) is 33.4 Å². The second-order valence-corrected chi connectivity index (χ2v) is 9.91. The number of fused-ring (bicyclic) bond motifs is 2. The molecule has 1 unspecified atom stereocenters. The van der Waals surface area contributed by atoms with Crippen molar-refractivity contribution in [2.75, 3.05) is 18.9 Å². The predicted octanol–water partition coefficient (Wildman–Crippen LogP) is 2.65. The van der Waals surface area contributed by atoms with Gasteiger partial charge in [0, 0.05) is 0 Å². The average Bonchev–Trinajstić information content (AvgIpc) is 3.47. The van der Waals surface area contributed by atoms with Crippen LogP contribution in [0, 0.1) is 0 Å². The van der Waals surface area contributed by atoms with E-state index < -0.39 is 31.8 Å². The van der Waals surface area contributed by atoms with Crippen LogP contribution in [0.4, 0.5) is 5.95 Å². The van der Waals surface area contributed by atoms with Crippen LogP contribution in [0.3, 0.4) is 0 Å². The summed E-state index contributed by atoms with van der Waals surface area (Å²) in [7, 11) is -3.76. The third-order valence-electron chi connectivity index (χ3n) is 6.22. The van der Waals surface area contributed by atoms with E-state index in [2.05, 4.69) is 26.7 Å². The van der Waals surface area contributed by atoms with Gasteiger partial charge in [-0.2, -0.15) is 9.97 Å². The summed E-state index contributed by atoms with van der Waals surface area (Å²) in [5, 5.41) is 0. The van der Waals surface area contributed by atoms with E-state index in [1.807, 2.05) is 13.8 Å². The molecule has 12 nitrogen and oxygen atoms in total. The van der Waals surface area contributed by atoms with Crippen LogP contribution in [0.25, 0.3) is 11.2 Å². The third kappa shape index (κ3) is 3.50. The van der Waals surface area contributed by atoms with Gasteiger partial charge in [0.25, 0.3) is 0 Å². The maximum absolute atomic E-state index is 13.2.